The molecule has 0 spiro atoms. The molecule has 0 radical (unpaired) electrons. The molecule has 11 heteroatoms. The number of carbonyl (C=O) groups is 2. The lowest BCUT2D eigenvalue weighted by Crippen LogP contribution is -2.52. The molecule has 3 heterocycles. The molecule has 242 valence electrons. The number of nitrogens with one attached hydrogen (secondary N) is 2. The van der Waals surface area contributed by atoms with Gasteiger partial charge in [0.1, 0.15) is 5.60 Å². The molecule has 0 saturated carbocycles. The van der Waals surface area contributed by atoms with Gasteiger partial charge in [0.15, 0.2) is 0 Å². The Kier molecular flexibility index (Phi) is 10.3. The van der Waals surface area contributed by atoms with E-state index < -0.39 is 11.7 Å². The maximum Gasteiger partial charge on any atom is 0.410 e. The highest BCUT2D eigenvalue weighted by Gasteiger charge is 2.33. The molecule has 1 fully saturated rings. The number of aromatic amines is 1. The molecule has 10 nitrogen and oxygen atoms in total. The van der Waals surface area contributed by atoms with Crippen LogP contribution < -0.4 is 5.32 Å². The number of para-hydroxylation sites is 1. The van der Waals surface area contributed by atoms with Crippen LogP contribution in [0.2, 0.25) is 5.02 Å². The van der Waals surface area contributed by atoms with Crippen molar-refractivity contribution in [3.05, 3.63) is 83.7 Å². The van der Waals surface area contributed by atoms with Gasteiger partial charge in [-0.25, -0.2) is 14.8 Å². The highest BCUT2D eigenvalue weighted by atomic mass is 35.5. The predicted octanol–water partition coefficient (Wildman–Crippen LogP) is 6.87. The molecule has 2 N–H and O–H groups in total. The van der Waals surface area contributed by atoms with E-state index in [2.05, 4.69) is 15.3 Å². The van der Waals surface area contributed by atoms with Crippen molar-refractivity contribution in [1.82, 2.24) is 29.7 Å². The Balaban J connectivity index is 1.30. The topological polar surface area (TPSA) is 107 Å². The standard InChI is InChI=1S/C35H42ClN7O3/c1-35(2,3)46-34(45)43(26-10-8-19-42(23-26)31(44)13-9-18-41(4)5)22-24-14-16-25(17-15-24)39-33-38-21-29(36)32(40-33)28-20-37-30-12-7-6-11-27(28)30/h6-7,9,11-17,20-21,26,37H,8,10,18-19,22-23H2,1-5H3,(H,38,39,40)/t26-/m1/s1. The zero-order valence-corrected chi connectivity index (χ0v) is 27.8. The van der Waals surface area contributed by atoms with Crippen molar-refractivity contribution in [2.75, 3.05) is 39.0 Å². The first-order valence-electron chi connectivity index (χ1n) is 15.5. The minimum Gasteiger partial charge on any atom is -0.444 e. The quantitative estimate of drug-likeness (QED) is 0.192. The summed E-state index contributed by atoms with van der Waals surface area (Å²) in [7, 11) is 3.92. The fraction of sp³-hybridized carbons (Fsp3) is 0.371. The van der Waals surface area contributed by atoms with Gasteiger partial charge in [0.05, 0.1) is 23.0 Å². The van der Waals surface area contributed by atoms with Gasteiger partial charge in [-0.2, -0.15) is 0 Å². The maximum atomic E-state index is 13.5. The van der Waals surface area contributed by atoms with Gasteiger partial charge in [-0.15, -0.1) is 0 Å². The Hall–Kier alpha value is -4.41. The molecule has 0 aliphatic carbocycles. The van der Waals surface area contributed by atoms with Crippen LogP contribution in [0, 0.1) is 0 Å². The minimum absolute atomic E-state index is 0.0385. The van der Waals surface area contributed by atoms with Crippen LogP contribution in [0.5, 0.6) is 0 Å². The Morgan fingerprint density at radius 1 is 1.15 bits per heavy atom. The smallest absolute Gasteiger partial charge is 0.410 e. The highest BCUT2D eigenvalue weighted by molar-refractivity contribution is 6.33. The van der Waals surface area contributed by atoms with Crippen molar-refractivity contribution in [2.45, 2.75) is 51.8 Å². The lowest BCUT2D eigenvalue weighted by atomic mass is 10.0. The van der Waals surface area contributed by atoms with Crippen molar-refractivity contribution in [3.8, 4) is 11.3 Å². The number of piperidine rings is 1. The van der Waals surface area contributed by atoms with E-state index in [-0.39, 0.29) is 11.9 Å². The number of benzene rings is 2. The molecule has 2 aromatic carbocycles. The molecule has 1 atom stereocenters. The summed E-state index contributed by atoms with van der Waals surface area (Å²) >= 11 is 6.51. The number of nitrogens with zero attached hydrogens (tertiary/aromatic N) is 5. The number of hydrogen-bond acceptors (Lipinski definition) is 7. The van der Waals surface area contributed by atoms with Crippen LogP contribution in [0.25, 0.3) is 22.2 Å². The molecule has 1 saturated heterocycles. The molecule has 0 bridgehead atoms. The van der Waals surface area contributed by atoms with Crippen molar-refractivity contribution in [1.29, 1.82) is 0 Å². The number of rotatable bonds is 9. The first-order chi connectivity index (χ1) is 22.0. The van der Waals surface area contributed by atoms with Crippen molar-refractivity contribution < 1.29 is 14.3 Å². The van der Waals surface area contributed by atoms with Crippen LogP contribution in [-0.4, -0.2) is 87.0 Å². The Morgan fingerprint density at radius 2 is 1.91 bits per heavy atom. The molecule has 5 rings (SSSR count). The van der Waals surface area contributed by atoms with Gasteiger partial charge in [-0.1, -0.05) is 48.0 Å². The van der Waals surface area contributed by atoms with Gasteiger partial charge in [-0.05, 0) is 71.5 Å². The molecular formula is C35H42ClN7O3. The number of H-pyrrole nitrogens is 1. The number of ether oxygens (including phenoxy) is 1. The van der Waals surface area contributed by atoms with E-state index in [1.165, 1.54) is 0 Å². The lowest BCUT2D eigenvalue weighted by molar-refractivity contribution is -0.128. The van der Waals surface area contributed by atoms with Gasteiger partial charge < -0.3 is 24.8 Å². The van der Waals surface area contributed by atoms with Gasteiger partial charge in [0.25, 0.3) is 0 Å². The molecule has 2 amide bonds. The molecule has 4 aromatic rings. The number of aromatic nitrogens is 3. The summed E-state index contributed by atoms with van der Waals surface area (Å²) in [5.41, 5.74) is 3.61. The second-order valence-electron chi connectivity index (χ2n) is 12.8. The number of likely N-dealkylation sites (tertiary alicyclic amines) is 1. The average molecular weight is 644 g/mol. The second kappa shape index (κ2) is 14.3. The van der Waals surface area contributed by atoms with E-state index in [1.807, 2.05) is 105 Å². The molecule has 1 aliphatic heterocycles. The third-order valence-electron chi connectivity index (χ3n) is 7.66. The summed E-state index contributed by atoms with van der Waals surface area (Å²) in [5.74, 6) is 0.378. The third-order valence-corrected chi connectivity index (χ3v) is 7.94. The van der Waals surface area contributed by atoms with E-state index in [0.29, 0.717) is 42.8 Å². The number of hydrogen-bond donors (Lipinski definition) is 2. The predicted molar refractivity (Wildman–Crippen MR) is 183 cm³/mol. The number of amides is 2. The van der Waals surface area contributed by atoms with Crippen LogP contribution in [-0.2, 0) is 16.1 Å². The largest absolute Gasteiger partial charge is 0.444 e. The number of carbonyl (C=O) groups excluding carboxylic acids is 2. The van der Waals surface area contributed by atoms with Crippen molar-refractivity contribution in [3.63, 3.8) is 0 Å². The van der Waals surface area contributed by atoms with E-state index >= 15 is 0 Å². The van der Waals surface area contributed by atoms with Crippen LogP contribution in [0.4, 0.5) is 16.4 Å². The number of likely N-dealkylation sites (N-methyl/N-ethyl adjacent to an activating group) is 1. The number of halogens is 1. The molecule has 46 heavy (non-hydrogen) atoms. The maximum absolute atomic E-state index is 13.5. The SMILES string of the molecule is CN(C)CC=CC(=O)N1CCC[C@@H](N(Cc2ccc(Nc3ncc(Cl)c(-c4c[nH]c5ccccc45)n3)cc2)C(=O)OC(C)(C)C)C1. The lowest BCUT2D eigenvalue weighted by Gasteiger charge is -2.39. The van der Waals surface area contributed by atoms with Gasteiger partial charge in [0.2, 0.25) is 11.9 Å². The van der Waals surface area contributed by atoms with Gasteiger partial charge in [-0.3, -0.25) is 9.69 Å². The third kappa shape index (κ3) is 8.44. The summed E-state index contributed by atoms with van der Waals surface area (Å²) < 4.78 is 5.82. The molecule has 0 unspecified atom stereocenters. The Morgan fingerprint density at radius 3 is 2.65 bits per heavy atom. The van der Waals surface area contributed by atoms with E-state index in [0.717, 1.165) is 40.6 Å². The summed E-state index contributed by atoms with van der Waals surface area (Å²) in [5, 5.41) is 4.76. The van der Waals surface area contributed by atoms with Crippen molar-refractivity contribution in [2.24, 2.45) is 0 Å². The summed E-state index contributed by atoms with van der Waals surface area (Å²) in [6, 6.07) is 15.6. The van der Waals surface area contributed by atoms with Crippen LogP contribution >= 0.6 is 11.6 Å². The monoisotopic (exact) mass is 643 g/mol. The fourth-order valence-electron chi connectivity index (χ4n) is 5.45. The Bertz CT molecular complexity index is 1690. The summed E-state index contributed by atoms with van der Waals surface area (Å²) in [4.78, 5) is 44.3. The van der Waals surface area contributed by atoms with E-state index in [9.17, 15) is 9.59 Å². The summed E-state index contributed by atoms with van der Waals surface area (Å²) in [6.07, 6.45) is 8.19. The minimum atomic E-state index is -0.647. The highest BCUT2D eigenvalue weighted by Crippen LogP contribution is 2.33. The number of anilines is 2. The van der Waals surface area contributed by atoms with Gasteiger partial charge in [0, 0.05) is 60.6 Å². The first kappa shape index (κ1) is 33.0. The fourth-order valence-corrected chi connectivity index (χ4v) is 5.64. The Labute approximate surface area is 275 Å². The molecular weight excluding hydrogens is 602 g/mol. The first-order valence-corrected chi connectivity index (χ1v) is 15.9. The van der Waals surface area contributed by atoms with Crippen LogP contribution in [0.3, 0.4) is 0 Å². The van der Waals surface area contributed by atoms with Crippen molar-refractivity contribution >= 4 is 46.1 Å². The average Bonchev–Trinajstić information content (AvgIpc) is 3.44. The molecule has 1 aliphatic rings. The normalized spacial score (nSPS) is 15.5. The van der Waals surface area contributed by atoms with Crippen LogP contribution in [0.1, 0.15) is 39.2 Å². The van der Waals surface area contributed by atoms with Gasteiger partial charge >= 0.3 is 6.09 Å². The van der Waals surface area contributed by atoms with Crippen LogP contribution in [0.15, 0.2) is 73.1 Å². The van der Waals surface area contributed by atoms with E-state index in [1.54, 1.807) is 17.2 Å². The zero-order valence-electron chi connectivity index (χ0n) is 27.1. The summed E-state index contributed by atoms with van der Waals surface area (Å²) in [6.45, 7) is 7.74. The van der Waals surface area contributed by atoms with E-state index in [4.69, 9.17) is 21.3 Å². The number of fused-ring (bicyclic) bond motifs is 1. The zero-order chi connectivity index (χ0) is 32.8. The second-order valence-corrected chi connectivity index (χ2v) is 13.2. The molecule has 2 aromatic heterocycles.